The molecular formula is C14H16F2O. The smallest absolute Gasteiger partial charge is 0.166 e. The van der Waals surface area contributed by atoms with Crippen molar-refractivity contribution >= 4 is 5.78 Å². The highest BCUT2D eigenvalue weighted by Crippen LogP contribution is 2.43. The molecule has 1 aliphatic carbocycles. The van der Waals surface area contributed by atoms with Gasteiger partial charge in [-0.05, 0) is 36.3 Å². The maximum Gasteiger partial charge on any atom is 0.166 e. The summed E-state index contributed by atoms with van der Waals surface area (Å²) in [4.78, 5) is 11.8. The van der Waals surface area contributed by atoms with Gasteiger partial charge in [0.25, 0.3) is 0 Å². The van der Waals surface area contributed by atoms with Gasteiger partial charge in [0, 0.05) is 12.5 Å². The first kappa shape index (κ1) is 12.2. The molecule has 0 atom stereocenters. The van der Waals surface area contributed by atoms with Gasteiger partial charge in [-0.25, -0.2) is 8.78 Å². The first-order chi connectivity index (χ1) is 8.04. The Balaban J connectivity index is 2.71. The van der Waals surface area contributed by atoms with Gasteiger partial charge in [0.1, 0.15) is 11.6 Å². The molecule has 0 radical (unpaired) electrons. The van der Waals surface area contributed by atoms with Crippen LogP contribution in [0.3, 0.4) is 0 Å². The van der Waals surface area contributed by atoms with Crippen molar-refractivity contribution in [2.75, 3.05) is 0 Å². The lowest BCUT2D eigenvalue weighted by Crippen LogP contribution is -2.33. The molecule has 17 heavy (non-hydrogen) atoms. The van der Waals surface area contributed by atoms with Crippen LogP contribution in [0.1, 0.15) is 55.5 Å². The highest BCUT2D eigenvalue weighted by Gasteiger charge is 2.38. The van der Waals surface area contributed by atoms with Gasteiger partial charge in [0.2, 0.25) is 0 Å². The normalized spacial score (nSPS) is 18.0. The molecule has 1 nitrogen and oxygen atoms in total. The van der Waals surface area contributed by atoms with Gasteiger partial charge in [-0.2, -0.15) is 0 Å². The molecule has 0 spiro atoms. The minimum absolute atomic E-state index is 0.112. The van der Waals surface area contributed by atoms with Gasteiger partial charge in [-0.15, -0.1) is 0 Å². The zero-order chi connectivity index (χ0) is 12.6. The molecule has 2 rings (SSSR count). The molecule has 1 aromatic carbocycles. The van der Waals surface area contributed by atoms with E-state index in [0.29, 0.717) is 18.4 Å². The summed E-state index contributed by atoms with van der Waals surface area (Å²) >= 11 is 0. The van der Waals surface area contributed by atoms with E-state index >= 15 is 0 Å². The number of carbonyl (C=O) groups is 1. The number of rotatable bonds is 2. The number of ketones is 1. The molecule has 0 aromatic heterocycles. The molecule has 0 fully saturated rings. The summed E-state index contributed by atoms with van der Waals surface area (Å²) in [7, 11) is 0. The number of fused-ring (bicyclic) bond motifs is 1. The minimum Gasteiger partial charge on any atom is -0.294 e. The molecule has 0 saturated heterocycles. The summed E-state index contributed by atoms with van der Waals surface area (Å²) in [6, 6.07) is 2.14. The molecule has 3 heteroatoms. The number of halogens is 2. The second-order valence-electron chi connectivity index (χ2n) is 4.72. The molecule has 92 valence electrons. The molecule has 0 amide bonds. The first-order valence-corrected chi connectivity index (χ1v) is 6.07. The number of hydrogen-bond acceptors (Lipinski definition) is 1. The highest BCUT2D eigenvalue weighted by atomic mass is 19.1. The van der Waals surface area contributed by atoms with Gasteiger partial charge in [-0.3, -0.25) is 4.79 Å². The number of carbonyl (C=O) groups excluding carboxylic acids is 1. The van der Waals surface area contributed by atoms with Crippen molar-refractivity contribution in [3.8, 4) is 0 Å². The van der Waals surface area contributed by atoms with Crippen molar-refractivity contribution in [2.24, 2.45) is 0 Å². The number of benzene rings is 1. The summed E-state index contributed by atoms with van der Waals surface area (Å²) in [5, 5.41) is 0. The molecular weight excluding hydrogens is 222 g/mol. The predicted molar refractivity (Wildman–Crippen MR) is 62.2 cm³/mol. The standard InChI is InChI=1S/C14H16F2O/c1-3-14(4-2)6-5-12(17)13-10(14)7-9(15)8-11(13)16/h7-8H,3-6H2,1-2H3. The van der Waals surface area contributed by atoms with E-state index in [9.17, 15) is 13.6 Å². The Morgan fingerprint density at radius 3 is 2.47 bits per heavy atom. The van der Waals surface area contributed by atoms with Crippen LogP contribution in [0.25, 0.3) is 0 Å². The minimum atomic E-state index is -0.712. The van der Waals surface area contributed by atoms with E-state index < -0.39 is 11.6 Å². The van der Waals surface area contributed by atoms with Gasteiger partial charge in [0.05, 0.1) is 5.56 Å². The molecule has 1 aromatic rings. The van der Waals surface area contributed by atoms with Crippen LogP contribution in [0, 0.1) is 11.6 Å². The summed E-state index contributed by atoms with van der Waals surface area (Å²) in [6.07, 6.45) is 2.64. The number of Topliss-reactive ketones (excluding diaryl/α,β-unsaturated/α-hetero) is 1. The Hall–Kier alpha value is -1.25. The van der Waals surface area contributed by atoms with Crippen LogP contribution in [0.15, 0.2) is 12.1 Å². The van der Waals surface area contributed by atoms with Crippen LogP contribution in [0.2, 0.25) is 0 Å². The fourth-order valence-corrected chi connectivity index (χ4v) is 2.87. The quantitative estimate of drug-likeness (QED) is 0.761. The van der Waals surface area contributed by atoms with E-state index in [4.69, 9.17) is 0 Å². The van der Waals surface area contributed by atoms with Gasteiger partial charge in [0.15, 0.2) is 5.78 Å². The van der Waals surface area contributed by atoms with Crippen LogP contribution in [0.4, 0.5) is 8.78 Å². The van der Waals surface area contributed by atoms with Crippen molar-refractivity contribution in [2.45, 2.75) is 44.9 Å². The van der Waals surface area contributed by atoms with Gasteiger partial charge in [-0.1, -0.05) is 13.8 Å². The van der Waals surface area contributed by atoms with Crippen LogP contribution in [-0.2, 0) is 5.41 Å². The monoisotopic (exact) mass is 238 g/mol. The largest absolute Gasteiger partial charge is 0.294 e. The Morgan fingerprint density at radius 2 is 1.88 bits per heavy atom. The summed E-state index contributed by atoms with van der Waals surface area (Å²) in [5.74, 6) is -1.51. The third-order valence-corrected chi connectivity index (χ3v) is 4.09. The van der Waals surface area contributed by atoms with E-state index in [-0.39, 0.29) is 16.8 Å². The van der Waals surface area contributed by atoms with Crippen molar-refractivity contribution in [1.29, 1.82) is 0 Å². The average molecular weight is 238 g/mol. The third-order valence-electron chi connectivity index (χ3n) is 4.09. The fourth-order valence-electron chi connectivity index (χ4n) is 2.87. The molecule has 0 unspecified atom stereocenters. The van der Waals surface area contributed by atoms with E-state index in [0.717, 1.165) is 18.9 Å². The lowest BCUT2D eigenvalue weighted by molar-refractivity contribution is 0.0943. The van der Waals surface area contributed by atoms with E-state index in [1.54, 1.807) is 0 Å². The van der Waals surface area contributed by atoms with E-state index in [1.807, 2.05) is 13.8 Å². The molecule has 0 bridgehead atoms. The van der Waals surface area contributed by atoms with Crippen molar-refractivity contribution in [1.82, 2.24) is 0 Å². The summed E-state index contributed by atoms with van der Waals surface area (Å²) in [6.45, 7) is 4.01. The van der Waals surface area contributed by atoms with E-state index in [2.05, 4.69) is 0 Å². The van der Waals surface area contributed by atoms with Crippen molar-refractivity contribution in [3.05, 3.63) is 34.9 Å². The highest BCUT2D eigenvalue weighted by molar-refractivity contribution is 5.99. The Labute approximate surface area is 99.8 Å². The number of hydrogen-bond donors (Lipinski definition) is 0. The van der Waals surface area contributed by atoms with Crippen LogP contribution >= 0.6 is 0 Å². The Bertz CT molecular complexity index is 462. The zero-order valence-corrected chi connectivity index (χ0v) is 10.1. The Kier molecular flexibility index (Phi) is 3.02. The van der Waals surface area contributed by atoms with Crippen LogP contribution in [0.5, 0.6) is 0 Å². The SMILES string of the molecule is CCC1(CC)CCC(=O)c2c(F)cc(F)cc21. The van der Waals surface area contributed by atoms with E-state index in [1.165, 1.54) is 6.07 Å². The van der Waals surface area contributed by atoms with Crippen LogP contribution < -0.4 is 0 Å². The van der Waals surface area contributed by atoms with Crippen LogP contribution in [-0.4, -0.2) is 5.78 Å². The molecule has 0 heterocycles. The molecule has 0 saturated carbocycles. The first-order valence-electron chi connectivity index (χ1n) is 6.07. The lowest BCUT2D eigenvalue weighted by atomic mass is 9.66. The molecule has 0 N–H and O–H groups in total. The molecule has 1 aliphatic rings. The fraction of sp³-hybridized carbons (Fsp3) is 0.500. The lowest BCUT2D eigenvalue weighted by Gasteiger charge is -2.37. The zero-order valence-electron chi connectivity index (χ0n) is 10.1. The third kappa shape index (κ3) is 1.78. The molecule has 0 aliphatic heterocycles. The van der Waals surface area contributed by atoms with Crippen molar-refractivity contribution < 1.29 is 13.6 Å². The van der Waals surface area contributed by atoms with Gasteiger partial charge < -0.3 is 0 Å². The second kappa shape index (κ2) is 4.21. The van der Waals surface area contributed by atoms with Gasteiger partial charge >= 0.3 is 0 Å². The maximum atomic E-state index is 13.7. The average Bonchev–Trinajstić information content (AvgIpc) is 2.29. The Morgan fingerprint density at radius 1 is 1.24 bits per heavy atom. The maximum absolute atomic E-state index is 13.7. The summed E-state index contributed by atoms with van der Waals surface area (Å²) in [5.41, 5.74) is 0.434. The second-order valence-corrected chi connectivity index (χ2v) is 4.72. The topological polar surface area (TPSA) is 17.1 Å². The predicted octanol–water partition coefficient (Wildman–Crippen LogP) is 4.00. The van der Waals surface area contributed by atoms with Crippen molar-refractivity contribution in [3.63, 3.8) is 0 Å². The summed E-state index contributed by atoms with van der Waals surface area (Å²) < 4.78 is 27.1.